The number of nitrogens with zero attached hydrogens (tertiary/aromatic N) is 1. The highest BCUT2D eigenvalue weighted by Gasteiger charge is 2.22. The number of hydrogen-bond acceptors (Lipinski definition) is 3. The van der Waals surface area contributed by atoms with Crippen LogP contribution < -0.4 is 15.5 Å². The summed E-state index contributed by atoms with van der Waals surface area (Å²) < 4.78 is 0. The molecular formula is C26H35N3O2. The Kier molecular flexibility index (Phi) is 8.10. The van der Waals surface area contributed by atoms with Gasteiger partial charge in [-0.25, -0.2) is 0 Å². The van der Waals surface area contributed by atoms with E-state index in [1.807, 2.05) is 62.4 Å². The summed E-state index contributed by atoms with van der Waals surface area (Å²) in [4.78, 5) is 28.4. The van der Waals surface area contributed by atoms with Crippen molar-refractivity contribution in [2.45, 2.75) is 64.8 Å². The molecule has 0 saturated carbocycles. The largest absolute Gasteiger partial charge is 0.371 e. The second-order valence-electron chi connectivity index (χ2n) is 8.42. The number of piperidine rings is 1. The van der Waals surface area contributed by atoms with E-state index in [2.05, 4.69) is 22.5 Å². The lowest BCUT2D eigenvalue weighted by Gasteiger charge is -2.31. The second kappa shape index (κ2) is 11.0. The minimum Gasteiger partial charge on any atom is -0.371 e. The standard InChI is InChI=1S/C26H35N3O2/c1-4-19(3)27-26(31)23-18-21(14-15-24(23)29-16-10-7-11-17-29)28-25(30)22(5-2)20-12-8-6-9-13-20/h6,8-9,12-15,18-19,22H,4-5,7,10-11,16-17H2,1-3H3,(H,27,31)(H,28,30)/t19-,22-/m1/s1. The smallest absolute Gasteiger partial charge is 0.253 e. The predicted octanol–water partition coefficient (Wildman–Crippen LogP) is 5.34. The van der Waals surface area contributed by atoms with E-state index < -0.39 is 0 Å². The van der Waals surface area contributed by atoms with Crippen molar-refractivity contribution < 1.29 is 9.59 Å². The van der Waals surface area contributed by atoms with Crippen molar-refractivity contribution in [1.29, 1.82) is 0 Å². The minimum absolute atomic E-state index is 0.0484. The summed E-state index contributed by atoms with van der Waals surface area (Å²) in [6, 6.07) is 15.7. The fraction of sp³-hybridized carbons (Fsp3) is 0.462. The molecule has 0 aliphatic carbocycles. The minimum atomic E-state index is -0.222. The fourth-order valence-electron chi connectivity index (χ4n) is 4.10. The van der Waals surface area contributed by atoms with Gasteiger partial charge in [-0.2, -0.15) is 0 Å². The Balaban J connectivity index is 1.85. The van der Waals surface area contributed by atoms with Gasteiger partial charge in [0.2, 0.25) is 5.91 Å². The van der Waals surface area contributed by atoms with Gasteiger partial charge in [-0.15, -0.1) is 0 Å². The molecule has 0 aromatic heterocycles. The summed E-state index contributed by atoms with van der Waals surface area (Å²) in [7, 11) is 0. The van der Waals surface area contributed by atoms with Crippen molar-refractivity contribution in [3.63, 3.8) is 0 Å². The number of anilines is 2. The molecule has 5 heteroatoms. The second-order valence-corrected chi connectivity index (χ2v) is 8.42. The first kappa shape index (κ1) is 22.9. The van der Waals surface area contributed by atoms with Crippen molar-refractivity contribution in [3.8, 4) is 0 Å². The topological polar surface area (TPSA) is 61.4 Å². The Labute approximate surface area is 186 Å². The molecule has 1 heterocycles. The third kappa shape index (κ3) is 5.87. The third-order valence-corrected chi connectivity index (χ3v) is 6.12. The van der Waals surface area contributed by atoms with Crippen LogP contribution in [0.15, 0.2) is 48.5 Å². The molecule has 166 valence electrons. The van der Waals surface area contributed by atoms with Gasteiger partial charge in [0.05, 0.1) is 11.5 Å². The van der Waals surface area contributed by atoms with Crippen LogP contribution in [0.5, 0.6) is 0 Å². The maximum Gasteiger partial charge on any atom is 0.253 e. The Hall–Kier alpha value is -2.82. The summed E-state index contributed by atoms with van der Waals surface area (Å²) in [5, 5.41) is 6.13. The number of nitrogens with one attached hydrogen (secondary N) is 2. The molecule has 0 bridgehead atoms. The lowest BCUT2D eigenvalue weighted by atomic mass is 9.95. The Morgan fingerprint density at radius 3 is 2.32 bits per heavy atom. The maximum absolute atomic E-state index is 13.1. The van der Waals surface area contributed by atoms with Crippen molar-refractivity contribution in [3.05, 3.63) is 59.7 Å². The number of benzene rings is 2. The summed E-state index contributed by atoms with van der Waals surface area (Å²) in [6.45, 7) is 8.00. The zero-order valence-electron chi connectivity index (χ0n) is 19.0. The van der Waals surface area contributed by atoms with E-state index in [1.165, 1.54) is 6.42 Å². The monoisotopic (exact) mass is 421 g/mol. The molecule has 1 aliphatic rings. The van der Waals surface area contributed by atoms with E-state index in [0.717, 1.165) is 43.6 Å². The van der Waals surface area contributed by atoms with Gasteiger partial charge >= 0.3 is 0 Å². The molecule has 2 amide bonds. The van der Waals surface area contributed by atoms with Crippen LogP contribution in [0.25, 0.3) is 0 Å². The van der Waals surface area contributed by atoms with E-state index in [-0.39, 0.29) is 23.8 Å². The van der Waals surface area contributed by atoms with Gasteiger partial charge in [-0.05, 0) is 62.8 Å². The number of hydrogen-bond donors (Lipinski definition) is 2. The van der Waals surface area contributed by atoms with E-state index in [1.54, 1.807) is 0 Å². The van der Waals surface area contributed by atoms with Gasteiger partial charge in [0, 0.05) is 30.5 Å². The Bertz CT molecular complexity index is 875. The normalized spacial score (nSPS) is 15.8. The maximum atomic E-state index is 13.1. The van der Waals surface area contributed by atoms with Gasteiger partial charge in [0.15, 0.2) is 0 Å². The summed E-state index contributed by atoms with van der Waals surface area (Å²) >= 11 is 0. The van der Waals surface area contributed by atoms with Crippen LogP contribution in [0.3, 0.4) is 0 Å². The molecule has 2 atom stereocenters. The molecule has 2 N–H and O–H groups in total. The highest BCUT2D eigenvalue weighted by Crippen LogP contribution is 2.29. The highest BCUT2D eigenvalue weighted by atomic mass is 16.2. The molecule has 3 rings (SSSR count). The van der Waals surface area contributed by atoms with E-state index in [9.17, 15) is 9.59 Å². The summed E-state index contributed by atoms with van der Waals surface area (Å²) in [5.41, 5.74) is 3.25. The third-order valence-electron chi connectivity index (χ3n) is 6.12. The average Bonchev–Trinajstić information content (AvgIpc) is 2.80. The van der Waals surface area contributed by atoms with Crippen LogP contribution in [-0.2, 0) is 4.79 Å². The van der Waals surface area contributed by atoms with Crippen molar-refractivity contribution in [1.82, 2.24) is 5.32 Å². The highest BCUT2D eigenvalue weighted by molar-refractivity contribution is 6.03. The van der Waals surface area contributed by atoms with Crippen LogP contribution in [0.1, 0.15) is 74.7 Å². The van der Waals surface area contributed by atoms with Crippen molar-refractivity contribution >= 4 is 23.2 Å². The van der Waals surface area contributed by atoms with Crippen molar-refractivity contribution in [2.24, 2.45) is 0 Å². The van der Waals surface area contributed by atoms with Gasteiger partial charge in [0.1, 0.15) is 0 Å². The van der Waals surface area contributed by atoms with E-state index in [4.69, 9.17) is 0 Å². The quantitative estimate of drug-likeness (QED) is 0.605. The first-order valence-electron chi connectivity index (χ1n) is 11.6. The molecule has 2 aromatic rings. The molecule has 5 nitrogen and oxygen atoms in total. The molecule has 2 aromatic carbocycles. The summed E-state index contributed by atoms with van der Waals surface area (Å²) in [5.74, 6) is -0.353. The van der Waals surface area contributed by atoms with Crippen LogP contribution in [0, 0.1) is 0 Å². The first-order valence-corrected chi connectivity index (χ1v) is 11.6. The Morgan fingerprint density at radius 2 is 1.68 bits per heavy atom. The lowest BCUT2D eigenvalue weighted by molar-refractivity contribution is -0.117. The Morgan fingerprint density at radius 1 is 0.968 bits per heavy atom. The van der Waals surface area contributed by atoms with Gasteiger partial charge in [-0.1, -0.05) is 44.2 Å². The van der Waals surface area contributed by atoms with Crippen LogP contribution in [0.4, 0.5) is 11.4 Å². The van der Waals surface area contributed by atoms with Gasteiger partial charge in [-0.3, -0.25) is 9.59 Å². The number of carbonyl (C=O) groups is 2. The average molecular weight is 422 g/mol. The fourth-order valence-corrected chi connectivity index (χ4v) is 4.10. The molecule has 0 unspecified atom stereocenters. The molecular weight excluding hydrogens is 386 g/mol. The van der Waals surface area contributed by atoms with Crippen LogP contribution in [0.2, 0.25) is 0 Å². The SMILES string of the molecule is CC[C@@H](C)NC(=O)c1cc(NC(=O)[C@H](CC)c2ccccc2)ccc1N1CCCCC1. The molecule has 0 spiro atoms. The first-order chi connectivity index (χ1) is 15.0. The van der Waals surface area contributed by atoms with Crippen LogP contribution >= 0.6 is 0 Å². The molecule has 0 radical (unpaired) electrons. The van der Waals surface area contributed by atoms with Gasteiger partial charge < -0.3 is 15.5 Å². The number of rotatable bonds is 8. The van der Waals surface area contributed by atoms with E-state index in [0.29, 0.717) is 17.7 Å². The van der Waals surface area contributed by atoms with E-state index >= 15 is 0 Å². The number of amides is 2. The lowest BCUT2D eigenvalue weighted by Crippen LogP contribution is -2.35. The molecule has 1 saturated heterocycles. The predicted molar refractivity (Wildman–Crippen MR) is 128 cm³/mol. The van der Waals surface area contributed by atoms with Crippen molar-refractivity contribution in [2.75, 3.05) is 23.3 Å². The summed E-state index contributed by atoms with van der Waals surface area (Å²) in [6.07, 6.45) is 5.09. The van der Waals surface area contributed by atoms with Crippen LogP contribution in [-0.4, -0.2) is 30.9 Å². The van der Waals surface area contributed by atoms with Gasteiger partial charge in [0.25, 0.3) is 5.91 Å². The molecule has 1 fully saturated rings. The molecule has 1 aliphatic heterocycles. The zero-order valence-corrected chi connectivity index (χ0v) is 19.0. The molecule has 31 heavy (non-hydrogen) atoms. The zero-order chi connectivity index (χ0) is 22.2. The number of carbonyl (C=O) groups excluding carboxylic acids is 2.